The molecule has 0 aromatic carbocycles. The molecule has 76 heavy (non-hydrogen) atoms. The highest BCUT2D eigenvalue weighted by Gasteiger charge is 2.19. The number of hydrogen-bond donors (Lipinski definition) is 0. The van der Waals surface area contributed by atoms with Crippen molar-refractivity contribution in [3.8, 4) is 0 Å². The Morgan fingerprint density at radius 3 is 0.776 bits per heavy atom. The highest BCUT2D eigenvalue weighted by molar-refractivity contribution is 5.71. The van der Waals surface area contributed by atoms with Gasteiger partial charge in [0, 0.05) is 19.3 Å². The zero-order valence-electron chi connectivity index (χ0n) is 51.0. The van der Waals surface area contributed by atoms with Crippen LogP contribution >= 0.6 is 0 Å². The number of rotatable bonds is 62. The van der Waals surface area contributed by atoms with Crippen molar-refractivity contribution in [1.29, 1.82) is 0 Å². The predicted octanol–water partition coefficient (Wildman–Crippen LogP) is 22.9. The van der Waals surface area contributed by atoms with Crippen molar-refractivity contribution in [2.75, 3.05) is 13.2 Å². The summed E-state index contributed by atoms with van der Waals surface area (Å²) in [7, 11) is 0. The zero-order chi connectivity index (χ0) is 55.0. The number of unbranched alkanes of at least 4 members (excludes halogenated alkanes) is 43. The maximum Gasteiger partial charge on any atom is 0.306 e. The first kappa shape index (κ1) is 73.4. The first-order valence-corrected chi connectivity index (χ1v) is 33.6. The van der Waals surface area contributed by atoms with Gasteiger partial charge < -0.3 is 14.2 Å². The smallest absolute Gasteiger partial charge is 0.306 e. The van der Waals surface area contributed by atoms with E-state index in [4.69, 9.17) is 14.2 Å². The van der Waals surface area contributed by atoms with Gasteiger partial charge in [0.25, 0.3) is 0 Å². The van der Waals surface area contributed by atoms with Crippen molar-refractivity contribution < 1.29 is 28.6 Å². The Morgan fingerprint density at radius 1 is 0.276 bits per heavy atom. The van der Waals surface area contributed by atoms with Gasteiger partial charge in [-0.05, 0) is 44.9 Å². The van der Waals surface area contributed by atoms with Crippen LogP contribution in [0.4, 0.5) is 0 Å². The average molecular weight is 1070 g/mol. The predicted molar refractivity (Wildman–Crippen MR) is 330 cm³/mol. The minimum atomic E-state index is -0.807. The van der Waals surface area contributed by atoms with Crippen LogP contribution in [0.25, 0.3) is 0 Å². The molecule has 0 aliphatic rings. The molecule has 1 atom stereocenters. The number of carbonyl (C=O) groups is 3. The van der Waals surface area contributed by atoms with Gasteiger partial charge in [0.2, 0.25) is 0 Å². The molecule has 0 rings (SSSR count). The highest BCUT2D eigenvalue weighted by Crippen LogP contribution is 2.18. The summed E-state index contributed by atoms with van der Waals surface area (Å²) >= 11 is 0. The summed E-state index contributed by atoms with van der Waals surface area (Å²) in [5.74, 6) is -0.965. The second-order valence-corrected chi connectivity index (χ2v) is 22.7. The molecule has 0 heterocycles. The van der Waals surface area contributed by atoms with Gasteiger partial charge in [-0.25, -0.2) is 0 Å². The Kier molecular flexibility index (Phi) is 62.6. The van der Waals surface area contributed by atoms with Crippen LogP contribution in [0.15, 0.2) is 48.6 Å². The topological polar surface area (TPSA) is 78.9 Å². The Hall–Kier alpha value is -2.63. The molecule has 0 saturated heterocycles. The average Bonchev–Trinajstić information content (AvgIpc) is 3.42. The van der Waals surface area contributed by atoms with Crippen LogP contribution in [-0.2, 0) is 28.6 Å². The van der Waals surface area contributed by atoms with Crippen molar-refractivity contribution >= 4 is 17.9 Å². The van der Waals surface area contributed by atoms with Crippen LogP contribution in [0.2, 0.25) is 0 Å². The largest absolute Gasteiger partial charge is 0.462 e. The third-order valence-corrected chi connectivity index (χ3v) is 15.1. The lowest BCUT2D eigenvalue weighted by Gasteiger charge is -2.18. The standard InChI is InChI=1S/C70H128O6/c1-4-7-10-13-16-19-22-24-25-26-27-28-29-30-31-32-33-34-35-36-37-38-39-40-41-42-43-44-45-47-48-51-54-57-60-63-69(72)75-66-67(65-74-68(71)62-59-56-53-50-21-18-15-12-9-6-3)76-70(73)64-61-58-55-52-49-46-23-20-17-14-11-8-5-2/h8,11,17,20,46,49,55,58,67H,4-7,9-10,12-16,18-19,21-45,47-48,50-54,56-57,59-66H2,1-3H3/b11-8-,20-17-,49-46-,58-55-. The van der Waals surface area contributed by atoms with Gasteiger partial charge >= 0.3 is 17.9 Å². The summed E-state index contributed by atoms with van der Waals surface area (Å²) in [6.07, 6.45) is 82.0. The lowest BCUT2D eigenvalue weighted by atomic mass is 10.0. The molecule has 0 bridgehead atoms. The molecular formula is C70H128O6. The maximum absolute atomic E-state index is 12.8. The Bertz CT molecular complexity index is 1310. The third kappa shape index (κ3) is 62.2. The number of carbonyl (C=O) groups excluding carboxylic acids is 3. The van der Waals surface area contributed by atoms with Gasteiger partial charge in [-0.3, -0.25) is 14.4 Å². The second-order valence-electron chi connectivity index (χ2n) is 22.7. The monoisotopic (exact) mass is 1060 g/mol. The summed E-state index contributed by atoms with van der Waals surface area (Å²) < 4.78 is 16.8. The van der Waals surface area contributed by atoms with E-state index in [0.717, 1.165) is 64.2 Å². The van der Waals surface area contributed by atoms with Crippen LogP contribution < -0.4 is 0 Å². The molecule has 0 amide bonds. The highest BCUT2D eigenvalue weighted by atomic mass is 16.6. The van der Waals surface area contributed by atoms with E-state index in [1.54, 1.807) is 0 Å². The molecule has 0 aromatic heterocycles. The summed E-state index contributed by atoms with van der Waals surface area (Å²) in [4.78, 5) is 38.1. The molecule has 0 spiro atoms. The fourth-order valence-electron chi connectivity index (χ4n) is 10.1. The molecule has 0 aliphatic heterocycles. The summed E-state index contributed by atoms with van der Waals surface area (Å²) in [5, 5.41) is 0. The van der Waals surface area contributed by atoms with Crippen molar-refractivity contribution in [2.45, 2.75) is 367 Å². The van der Waals surface area contributed by atoms with Gasteiger partial charge in [-0.2, -0.15) is 0 Å². The molecular weight excluding hydrogens is 937 g/mol. The number of esters is 3. The molecule has 0 radical (unpaired) electrons. The van der Waals surface area contributed by atoms with E-state index < -0.39 is 6.10 Å². The van der Waals surface area contributed by atoms with E-state index in [1.807, 2.05) is 6.08 Å². The third-order valence-electron chi connectivity index (χ3n) is 15.1. The number of ether oxygens (including phenoxy) is 3. The molecule has 1 unspecified atom stereocenters. The van der Waals surface area contributed by atoms with Crippen LogP contribution in [0.1, 0.15) is 361 Å². The lowest BCUT2D eigenvalue weighted by molar-refractivity contribution is -0.166. The first-order valence-electron chi connectivity index (χ1n) is 33.6. The summed E-state index contributed by atoms with van der Waals surface area (Å²) in [6, 6.07) is 0. The number of allylic oxidation sites excluding steroid dienone is 8. The molecule has 0 aromatic rings. The van der Waals surface area contributed by atoms with Gasteiger partial charge in [-0.1, -0.05) is 345 Å². The van der Waals surface area contributed by atoms with Gasteiger partial charge in [-0.15, -0.1) is 0 Å². The zero-order valence-corrected chi connectivity index (χ0v) is 51.0. The SMILES string of the molecule is CC/C=C\C/C=C\C/C=C\C/C=C\CCC(=O)OC(COC(=O)CCCCCCCCCCCC)COC(=O)CCCCCCCCCCCCCCCCCCCCCCCCCCCCCCCCCCCCC. The van der Waals surface area contributed by atoms with Crippen molar-refractivity contribution in [2.24, 2.45) is 0 Å². The molecule has 444 valence electrons. The van der Waals surface area contributed by atoms with E-state index in [9.17, 15) is 14.4 Å². The first-order chi connectivity index (χ1) is 37.5. The van der Waals surface area contributed by atoms with Crippen LogP contribution in [-0.4, -0.2) is 37.2 Å². The molecule has 6 nitrogen and oxygen atoms in total. The van der Waals surface area contributed by atoms with E-state index in [2.05, 4.69) is 63.3 Å². The summed E-state index contributed by atoms with van der Waals surface area (Å²) in [5.41, 5.74) is 0. The van der Waals surface area contributed by atoms with Gasteiger partial charge in [0.05, 0.1) is 0 Å². The van der Waals surface area contributed by atoms with E-state index in [0.29, 0.717) is 19.3 Å². The summed E-state index contributed by atoms with van der Waals surface area (Å²) in [6.45, 7) is 6.49. The van der Waals surface area contributed by atoms with E-state index in [-0.39, 0.29) is 37.5 Å². The van der Waals surface area contributed by atoms with E-state index in [1.165, 1.54) is 250 Å². The molecule has 0 fully saturated rings. The second kappa shape index (κ2) is 64.9. The molecule has 0 saturated carbocycles. The lowest BCUT2D eigenvalue weighted by Crippen LogP contribution is -2.30. The molecule has 0 N–H and O–H groups in total. The van der Waals surface area contributed by atoms with Crippen LogP contribution in [0, 0.1) is 0 Å². The minimum absolute atomic E-state index is 0.0975. The Labute approximate surface area is 473 Å². The quantitative estimate of drug-likeness (QED) is 0.0261. The maximum atomic E-state index is 12.8. The van der Waals surface area contributed by atoms with E-state index >= 15 is 0 Å². The van der Waals surface area contributed by atoms with Crippen molar-refractivity contribution in [3.05, 3.63) is 48.6 Å². The molecule has 0 aliphatic carbocycles. The van der Waals surface area contributed by atoms with Crippen molar-refractivity contribution in [3.63, 3.8) is 0 Å². The van der Waals surface area contributed by atoms with Crippen LogP contribution in [0.3, 0.4) is 0 Å². The Morgan fingerprint density at radius 2 is 0.513 bits per heavy atom. The van der Waals surface area contributed by atoms with Crippen molar-refractivity contribution in [1.82, 2.24) is 0 Å². The van der Waals surface area contributed by atoms with Gasteiger partial charge in [0.1, 0.15) is 13.2 Å². The fourth-order valence-corrected chi connectivity index (χ4v) is 10.1. The fraction of sp³-hybridized carbons (Fsp3) is 0.843. The normalized spacial score (nSPS) is 12.3. The Balaban J connectivity index is 3.98. The van der Waals surface area contributed by atoms with Gasteiger partial charge in [0.15, 0.2) is 6.10 Å². The number of hydrogen-bond acceptors (Lipinski definition) is 6. The molecule has 6 heteroatoms. The van der Waals surface area contributed by atoms with Crippen LogP contribution in [0.5, 0.6) is 0 Å². The minimum Gasteiger partial charge on any atom is -0.462 e.